The average Bonchev–Trinajstić information content (AvgIpc) is 3.36. The SMILES string of the molecule is CCOC(=O)CNC(=O)Nc1nc2nc(Nc3ccc4c(c3)COC4)ncc2cc1-c1c(Cl)cccc1Cl. The van der Waals surface area contributed by atoms with E-state index >= 15 is 0 Å². The van der Waals surface area contributed by atoms with Crippen LogP contribution in [0.25, 0.3) is 22.2 Å². The van der Waals surface area contributed by atoms with Gasteiger partial charge in [0, 0.05) is 28.4 Å². The maximum absolute atomic E-state index is 12.6. The summed E-state index contributed by atoms with van der Waals surface area (Å²) >= 11 is 12.9. The van der Waals surface area contributed by atoms with Gasteiger partial charge >= 0.3 is 12.0 Å². The first kappa shape index (κ1) is 25.7. The van der Waals surface area contributed by atoms with Gasteiger partial charge in [0.2, 0.25) is 5.95 Å². The van der Waals surface area contributed by atoms with Crippen LogP contribution in [0.5, 0.6) is 0 Å². The summed E-state index contributed by atoms with van der Waals surface area (Å²) in [5.41, 5.74) is 4.33. The number of hydrogen-bond acceptors (Lipinski definition) is 8. The number of hydrogen-bond donors (Lipinski definition) is 3. The fraction of sp³-hybridized carbons (Fsp3) is 0.192. The number of nitrogens with zero attached hydrogens (tertiary/aromatic N) is 3. The van der Waals surface area contributed by atoms with E-state index in [9.17, 15) is 9.59 Å². The molecule has 3 N–H and O–H groups in total. The van der Waals surface area contributed by atoms with Gasteiger partial charge in [0.25, 0.3) is 0 Å². The van der Waals surface area contributed by atoms with Crippen molar-refractivity contribution in [1.82, 2.24) is 20.3 Å². The van der Waals surface area contributed by atoms with Crippen LogP contribution in [0.3, 0.4) is 0 Å². The molecule has 1 aliphatic rings. The number of amides is 2. The van der Waals surface area contributed by atoms with Crippen LogP contribution in [0.4, 0.5) is 22.2 Å². The lowest BCUT2D eigenvalue weighted by Gasteiger charge is -2.15. The van der Waals surface area contributed by atoms with Crippen molar-refractivity contribution in [1.29, 1.82) is 0 Å². The molecule has 0 bridgehead atoms. The molecule has 5 rings (SSSR count). The number of carbonyl (C=O) groups excluding carboxylic acids is 2. The van der Waals surface area contributed by atoms with E-state index in [0.717, 1.165) is 16.8 Å². The van der Waals surface area contributed by atoms with Crippen LogP contribution in [-0.4, -0.2) is 40.1 Å². The number of pyridine rings is 1. The van der Waals surface area contributed by atoms with E-state index in [1.807, 2.05) is 18.2 Å². The Labute approximate surface area is 227 Å². The number of benzene rings is 2. The molecule has 0 unspecified atom stereocenters. The Morgan fingerprint density at radius 2 is 1.84 bits per heavy atom. The minimum Gasteiger partial charge on any atom is -0.465 e. The molecule has 194 valence electrons. The van der Waals surface area contributed by atoms with Crippen LogP contribution in [-0.2, 0) is 27.5 Å². The largest absolute Gasteiger partial charge is 0.465 e. The van der Waals surface area contributed by atoms with E-state index in [-0.39, 0.29) is 19.0 Å². The number of aromatic nitrogens is 3. The number of anilines is 3. The van der Waals surface area contributed by atoms with Crippen molar-refractivity contribution in [3.63, 3.8) is 0 Å². The molecule has 0 atom stereocenters. The molecule has 3 heterocycles. The Morgan fingerprint density at radius 3 is 2.63 bits per heavy atom. The molecule has 0 aliphatic carbocycles. The van der Waals surface area contributed by atoms with E-state index < -0.39 is 12.0 Å². The van der Waals surface area contributed by atoms with Gasteiger partial charge in [-0.2, -0.15) is 4.98 Å². The summed E-state index contributed by atoms with van der Waals surface area (Å²) in [5, 5.41) is 9.64. The third-order valence-corrected chi connectivity index (χ3v) is 6.34. The second-order valence-corrected chi connectivity index (χ2v) is 9.12. The van der Waals surface area contributed by atoms with E-state index in [2.05, 4.69) is 30.9 Å². The minimum absolute atomic E-state index is 0.146. The van der Waals surface area contributed by atoms with Gasteiger partial charge in [-0.25, -0.2) is 14.8 Å². The Balaban J connectivity index is 1.49. The maximum atomic E-state index is 12.6. The topological polar surface area (TPSA) is 127 Å². The van der Waals surface area contributed by atoms with Crippen molar-refractivity contribution >= 4 is 63.7 Å². The summed E-state index contributed by atoms with van der Waals surface area (Å²) in [7, 11) is 0. The molecular formula is C26H22Cl2N6O4. The zero-order chi connectivity index (χ0) is 26.6. The Morgan fingerprint density at radius 1 is 1.05 bits per heavy atom. The summed E-state index contributed by atoms with van der Waals surface area (Å²) < 4.78 is 10.3. The zero-order valence-electron chi connectivity index (χ0n) is 20.2. The van der Waals surface area contributed by atoms with Gasteiger partial charge in [-0.15, -0.1) is 0 Å². The van der Waals surface area contributed by atoms with Crippen LogP contribution in [0.2, 0.25) is 10.0 Å². The zero-order valence-corrected chi connectivity index (χ0v) is 21.7. The van der Waals surface area contributed by atoms with Crippen LogP contribution >= 0.6 is 23.2 Å². The standard InChI is InChI=1S/C26H22Cl2N6O4/c1-2-38-21(35)11-30-26(36)34-24-18(22-19(27)4-3-5-20(22)28)9-15-10-29-25(33-23(15)32-24)31-17-7-6-14-12-37-13-16(14)8-17/h3-10H,2,11-13H2,1H3,(H3,29,30,31,32,33,34,36). The van der Waals surface area contributed by atoms with Crippen LogP contribution in [0.15, 0.2) is 48.7 Å². The first-order valence-corrected chi connectivity index (χ1v) is 12.5. The van der Waals surface area contributed by atoms with Gasteiger partial charge < -0.3 is 20.1 Å². The maximum Gasteiger partial charge on any atom is 0.325 e. The third kappa shape index (κ3) is 5.62. The highest BCUT2D eigenvalue weighted by atomic mass is 35.5. The van der Waals surface area contributed by atoms with E-state index in [1.54, 1.807) is 37.4 Å². The number of ether oxygens (including phenoxy) is 2. The number of carbonyl (C=O) groups is 2. The number of rotatable bonds is 7. The fourth-order valence-electron chi connectivity index (χ4n) is 3.96. The van der Waals surface area contributed by atoms with Gasteiger partial charge in [0.15, 0.2) is 5.65 Å². The number of halogens is 2. The van der Waals surface area contributed by atoms with E-state index in [0.29, 0.717) is 51.4 Å². The summed E-state index contributed by atoms with van der Waals surface area (Å²) in [4.78, 5) is 37.8. The number of fused-ring (bicyclic) bond motifs is 2. The Bertz CT molecular complexity index is 1530. The van der Waals surface area contributed by atoms with Gasteiger partial charge in [-0.3, -0.25) is 10.1 Å². The summed E-state index contributed by atoms with van der Waals surface area (Å²) in [6.45, 7) is 2.75. The second kappa shape index (κ2) is 11.2. The van der Waals surface area contributed by atoms with Crippen molar-refractivity contribution in [2.75, 3.05) is 23.8 Å². The lowest BCUT2D eigenvalue weighted by atomic mass is 10.0. The van der Waals surface area contributed by atoms with Crippen molar-refractivity contribution in [2.24, 2.45) is 0 Å². The smallest absolute Gasteiger partial charge is 0.325 e. The van der Waals surface area contributed by atoms with Crippen molar-refractivity contribution < 1.29 is 19.1 Å². The van der Waals surface area contributed by atoms with Crippen LogP contribution in [0, 0.1) is 0 Å². The molecular weight excluding hydrogens is 531 g/mol. The lowest BCUT2D eigenvalue weighted by Crippen LogP contribution is -2.34. The molecule has 2 aromatic heterocycles. The molecule has 38 heavy (non-hydrogen) atoms. The average molecular weight is 553 g/mol. The molecule has 0 radical (unpaired) electrons. The quantitative estimate of drug-likeness (QED) is 0.258. The molecule has 0 saturated heterocycles. The first-order valence-electron chi connectivity index (χ1n) is 11.7. The van der Waals surface area contributed by atoms with Crippen LogP contribution < -0.4 is 16.0 Å². The predicted octanol–water partition coefficient (Wildman–Crippen LogP) is 5.46. The molecule has 10 nitrogen and oxygen atoms in total. The monoisotopic (exact) mass is 552 g/mol. The highest BCUT2D eigenvalue weighted by Gasteiger charge is 2.19. The van der Waals surface area contributed by atoms with Crippen molar-refractivity contribution in [3.05, 3.63) is 69.8 Å². The van der Waals surface area contributed by atoms with Crippen molar-refractivity contribution in [2.45, 2.75) is 20.1 Å². The highest BCUT2D eigenvalue weighted by molar-refractivity contribution is 6.39. The minimum atomic E-state index is -0.665. The fourth-order valence-corrected chi connectivity index (χ4v) is 4.56. The first-order chi connectivity index (χ1) is 18.4. The Hall–Kier alpha value is -3.99. The van der Waals surface area contributed by atoms with Gasteiger partial charge in [-0.05, 0) is 48.4 Å². The predicted molar refractivity (Wildman–Crippen MR) is 145 cm³/mol. The number of esters is 1. The van der Waals surface area contributed by atoms with E-state index in [4.69, 9.17) is 32.7 Å². The normalized spacial score (nSPS) is 12.2. The molecule has 0 fully saturated rings. The molecule has 2 amide bonds. The third-order valence-electron chi connectivity index (χ3n) is 5.71. The molecule has 4 aromatic rings. The molecule has 2 aromatic carbocycles. The number of nitrogens with one attached hydrogen (secondary N) is 3. The highest BCUT2D eigenvalue weighted by Crippen LogP contribution is 2.39. The van der Waals surface area contributed by atoms with Gasteiger partial charge in [0.05, 0.1) is 29.9 Å². The van der Waals surface area contributed by atoms with Crippen molar-refractivity contribution in [3.8, 4) is 11.1 Å². The Kier molecular flexibility index (Phi) is 7.54. The molecule has 0 spiro atoms. The van der Waals surface area contributed by atoms with Gasteiger partial charge in [-0.1, -0.05) is 35.3 Å². The van der Waals surface area contributed by atoms with E-state index in [1.165, 1.54) is 0 Å². The molecule has 1 aliphatic heterocycles. The number of urea groups is 1. The lowest BCUT2D eigenvalue weighted by molar-refractivity contribution is -0.141. The molecule has 0 saturated carbocycles. The second-order valence-electron chi connectivity index (χ2n) is 8.30. The van der Waals surface area contributed by atoms with Gasteiger partial charge in [0.1, 0.15) is 12.4 Å². The summed E-state index contributed by atoms with van der Waals surface area (Å²) in [6.07, 6.45) is 1.62. The molecule has 12 heteroatoms. The summed E-state index contributed by atoms with van der Waals surface area (Å²) in [6, 6.07) is 12.1. The summed E-state index contributed by atoms with van der Waals surface area (Å²) in [5.74, 6) is -0.0941. The van der Waals surface area contributed by atoms with Crippen LogP contribution in [0.1, 0.15) is 18.1 Å².